The number of benzene rings is 1. The second-order valence-corrected chi connectivity index (χ2v) is 3.89. The zero-order valence-electron chi connectivity index (χ0n) is 7.47. The molecule has 0 radical (unpaired) electrons. The van der Waals surface area contributed by atoms with Crippen molar-refractivity contribution in [3.05, 3.63) is 28.3 Å². The number of rotatable bonds is 1. The average molecular weight is 198 g/mol. The maximum atomic E-state index is 9.76. The predicted molar refractivity (Wildman–Crippen MR) is 53.2 cm³/mol. The molecule has 2 N–H and O–H groups in total. The number of hydrogen-bond donors (Lipinski definition) is 2. The highest BCUT2D eigenvalue weighted by molar-refractivity contribution is 6.30. The molecule has 0 saturated carbocycles. The lowest BCUT2D eigenvalue weighted by Crippen LogP contribution is -2.35. The summed E-state index contributed by atoms with van der Waals surface area (Å²) in [6.45, 7) is 2.89. The van der Waals surface area contributed by atoms with Crippen LogP contribution in [0.5, 0.6) is 5.75 Å². The minimum atomic E-state index is 0.289. The van der Waals surface area contributed by atoms with Gasteiger partial charge in [0.1, 0.15) is 5.75 Å². The molecule has 2 nitrogen and oxygen atoms in total. The van der Waals surface area contributed by atoms with E-state index in [2.05, 4.69) is 5.32 Å². The molecule has 0 amide bonds. The molecule has 1 aromatic carbocycles. The molecule has 70 valence electrons. The fraction of sp³-hybridized carbons (Fsp3) is 0.400. The molecule has 0 bridgehead atoms. The van der Waals surface area contributed by atoms with Crippen molar-refractivity contribution in [1.29, 1.82) is 0 Å². The first-order valence-corrected chi connectivity index (χ1v) is 4.78. The third-order valence-corrected chi connectivity index (χ3v) is 2.71. The molecular weight excluding hydrogens is 186 g/mol. The molecule has 1 aliphatic rings. The van der Waals surface area contributed by atoms with Crippen molar-refractivity contribution in [2.75, 3.05) is 6.54 Å². The van der Waals surface area contributed by atoms with Crippen LogP contribution >= 0.6 is 11.6 Å². The van der Waals surface area contributed by atoms with E-state index in [1.54, 1.807) is 6.07 Å². The van der Waals surface area contributed by atoms with Crippen LogP contribution in [0, 0.1) is 6.92 Å². The van der Waals surface area contributed by atoms with Crippen molar-refractivity contribution >= 4 is 11.6 Å². The Hall–Kier alpha value is -0.730. The Kier molecular flexibility index (Phi) is 2.18. The first-order valence-electron chi connectivity index (χ1n) is 4.41. The average Bonchev–Trinajstić information content (AvgIpc) is 1.95. The van der Waals surface area contributed by atoms with Crippen molar-refractivity contribution < 1.29 is 5.11 Å². The van der Waals surface area contributed by atoms with Gasteiger partial charge < -0.3 is 10.4 Å². The summed E-state index contributed by atoms with van der Waals surface area (Å²) < 4.78 is 0. The van der Waals surface area contributed by atoms with E-state index in [-0.39, 0.29) is 6.04 Å². The number of aromatic hydroxyl groups is 1. The van der Waals surface area contributed by atoms with Crippen LogP contribution in [-0.4, -0.2) is 11.7 Å². The molecule has 1 fully saturated rings. The molecule has 1 heterocycles. The van der Waals surface area contributed by atoms with Gasteiger partial charge in [-0.2, -0.15) is 0 Å². The van der Waals surface area contributed by atoms with Gasteiger partial charge in [-0.05, 0) is 37.6 Å². The van der Waals surface area contributed by atoms with E-state index >= 15 is 0 Å². The Labute approximate surface area is 82.5 Å². The van der Waals surface area contributed by atoms with Gasteiger partial charge in [-0.25, -0.2) is 0 Å². The Morgan fingerprint density at radius 2 is 2.23 bits per heavy atom. The monoisotopic (exact) mass is 197 g/mol. The third-order valence-electron chi connectivity index (χ3n) is 2.49. The number of nitrogens with one attached hydrogen (secondary N) is 1. The van der Waals surface area contributed by atoms with E-state index in [4.69, 9.17) is 11.6 Å². The number of halogens is 1. The van der Waals surface area contributed by atoms with Crippen LogP contribution in [0.4, 0.5) is 0 Å². The summed E-state index contributed by atoms with van der Waals surface area (Å²) in [5.41, 5.74) is 1.77. The molecule has 0 aliphatic carbocycles. The topological polar surface area (TPSA) is 32.3 Å². The number of hydrogen-bond acceptors (Lipinski definition) is 2. The summed E-state index contributed by atoms with van der Waals surface area (Å²) in [7, 11) is 0. The zero-order chi connectivity index (χ0) is 9.42. The van der Waals surface area contributed by atoms with Gasteiger partial charge in [-0.15, -0.1) is 0 Å². The highest BCUT2D eigenvalue weighted by Crippen LogP contribution is 2.34. The maximum absolute atomic E-state index is 9.76. The molecule has 0 spiro atoms. The standard InChI is InChI=1S/C10H12ClNO/c1-6-4-7(11)5-8(10(6)13)9-2-3-12-9/h4-5,9,12-13H,2-3H2,1H3/t9-/m1/s1. The van der Waals surface area contributed by atoms with Crippen LogP contribution in [-0.2, 0) is 0 Å². The Morgan fingerprint density at radius 1 is 1.54 bits per heavy atom. The SMILES string of the molecule is Cc1cc(Cl)cc([C@H]2CCN2)c1O. The van der Waals surface area contributed by atoms with Gasteiger partial charge in [0.25, 0.3) is 0 Å². The second-order valence-electron chi connectivity index (χ2n) is 3.46. The minimum Gasteiger partial charge on any atom is -0.507 e. The number of phenols is 1. The summed E-state index contributed by atoms with van der Waals surface area (Å²) in [6.07, 6.45) is 1.08. The largest absolute Gasteiger partial charge is 0.507 e. The van der Waals surface area contributed by atoms with E-state index in [1.165, 1.54) is 0 Å². The summed E-state index contributed by atoms with van der Waals surface area (Å²) in [6, 6.07) is 3.90. The van der Waals surface area contributed by atoms with Crippen molar-refractivity contribution in [2.45, 2.75) is 19.4 Å². The predicted octanol–water partition coefficient (Wildman–Crippen LogP) is 2.39. The molecule has 0 unspecified atom stereocenters. The first-order chi connectivity index (χ1) is 6.18. The molecule has 2 rings (SSSR count). The molecule has 1 atom stereocenters. The van der Waals surface area contributed by atoms with Gasteiger partial charge in [0.15, 0.2) is 0 Å². The summed E-state index contributed by atoms with van der Waals surface area (Å²) in [5, 5.41) is 13.7. The van der Waals surface area contributed by atoms with E-state index in [0.717, 1.165) is 24.1 Å². The quantitative estimate of drug-likeness (QED) is 0.725. The fourth-order valence-electron chi connectivity index (χ4n) is 1.58. The van der Waals surface area contributed by atoms with Crippen molar-refractivity contribution in [3.8, 4) is 5.75 Å². The lowest BCUT2D eigenvalue weighted by Gasteiger charge is -2.29. The third kappa shape index (κ3) is 1.52. The molecule has 13 heavy (non-hydrogen) atoms. The first kappa shape index (κ1) is 8.85. The van der Waals surface area contributed by atoms with Crippen molar-refractivity contribution in [2.24, 2.45) is 0 Å². The van der Waals surface area contributed by atoms with E-state index in [9.17, 15) is 5.11 Å². The van der Waals surface area contributed by atoms with E-state index in [1.807, 2.05) is 13.0 Å². The molecule has 0 aromatic heterocycles. The smallest absolute Gasteiger partial charge is 0.123 e. The molecule has 1 aliphatic heterocycles. The van der Waals surface area contributed by atoms with E-state index < -0.39 is 0 Å². The van der Waals surface area contributed by atoms with Crippen LogP contribution in [0.2, 0.25) is 5.02 Å². The van der Waals surface area contributed by atoms with Gasteiger partial charge in [0, 0.05) is 16.6 Å². The summed E-state index contributed by atoms with van der Waals surface area (Å²) in [4.78, 5) is 0. The highest BCUT2D eigenvalue weighted by atomic mass is 35.5. The van der Waals surface area contributed by atoms with Gasteiger partial charge in [0.2, 0.25) is 0 Å². The van der Waals surface area contributed by atoms with Gasteiger partial charge >= 0.3 is 0 Å². The number of phenolic OH excluding ortho intramolecular Hbond substituents is 1. The molecular formula is C10H12ClNO. The zero-order valence-corrected chi connectivity index (χ0v) is 8.23. The molecule has 1 aromatic rings. The lowest BCUT2D eigenvalue weighted by atomic mass is 9.95. The molecule has 1 saturated heterocycles. The van der Waals surface area contributed by atoms with Crippen LogP contribution in [0.15, 0.2) is 12.1 Å². The van der Waals surface area contributed by atoms with Crippen LogP contribution in [0.25, 0.3) is 0 Å². The Bertz CT molecular complexity index is 334. The maximum Gasteiger partial charge on any atom is 0.123 e. The van der Waals surface area contributed by atoms with Gasteiger partial charge in [-0.3, -0.25) is 0 Å². The fourth-order valence-corrected chi connectivity index (χ4v) is 1.86. The second kappa shape index (κ2) is 3.20. The number of aryl methyl sites for hydroxylation is 1. The van der Waals surface area contributed by atoms with Crippen molar-refractivity contribution in [3.63, 3.8) is 0 Å². The van der Waals surface area contributed by atoms with Crippen LogP contribution in [0.3, 0.4) is 0 Å². The molecule has 3 heteroatoms. The normalized spacial score (nSPS) is 21.2. The summed E-state index contributed by atoms with van der Waals surface area (Å²) in [5.74, 6) is 0.376. The van der Waals surface area contributed by atoms with Gasteiger partial charge in [0.05, 0.1) is 0 Å². The lowest BCUT2D eigenvalue weighted by molar-refractivity contribution is 0.363. The van der Waals surface area contributed by atoms with Gasteiger partial charge in [-0.1, -0.05) is 11.6 Å². The Balaban J connectivity index is 2.42. The van der Waals surface area contributed by atoms with Crippen LogP contribution in [0.1, 0.15) is 23.6 Å². The van der Waals surface area contributed by atoms with E-state index in [0.29, 0.717) is 10.8 Å². The highest BCUT2D eigenvalue weighted by Gasteiger charge is 2.22. The van der Waals surface area contributed by atoms with Crippen molar-refractivity contribution in [1.82, 2.24) is 5.32 Å². The minimum absolute atomic E-state index is 0.289. The van der Waals surface area contributed by atoms with Crippen LogP contribution < -0.4 is 5.32 Å². The summed E-state index contributed by atoms with van der Waals surface area (Å²) >= 11 is 5.91. The Morgan fingerprint density at radius 3 is 2.77 bits per heavy atom.